The second kappa shape index (κ2) is 4.97. The molecule has 4 nitrogen and oxygen atoms in total. The van der Waals surface area contributed by atoms with E-state index in [0.29, 0.717) is 6.42 Å². The van der Waals surface area contributed by atoms with E-state index in [9.17, 15) is 9.59 Å². The summed E-state index contributed by atoms with van der Waals surface area (Å²) >= 11 is 0. The van der Waals surface area contributed by atoms with Crippen LogP contribution in [0.25, 0.3) is 0 Å². The Bertz CT molecular complexity index is 531. The van der Waals surface area contributed by atoms with Gasteiger partial charge in [-0.1, -0.05) is 41.0 Å². The first-order valence-electron chi connectivity index (χ1n) is 8.66. The molecule has 0 N–H and O–H groups in total. The van der Waals surface area contributed by atoms with E-state index in [0.717, 1.165) is 19.3 Å². The van der Waals surface area contributed by atoms with Crippen molar-refractivity contribution in [2.24, 2.45) is 16.2 Å². The zero-order valence-electron chi connectivity index (χ0n) is 16.0. The number of cyclic esters (lactones) is 1. The number of carbonyl (C=O) groups excluding carboxylic acids is 2. The van der Waals surface area contributed by atoms with Gasteiger partial charge in [0.25, 0.3) is 0 Å². The average Bonchev–Trinajstić information content (AvgIpc) is 2.81. The van der Waals surface area contributed by atoms with E-state index in [2.05, 4.69) is 34.6 Å². The molecule has 1 aliphatic carbocycles. The van der Waals surface area contributed by atoms with Crippen molar-refractivity contribution in [1.82, 2.24) is 0 Å². The lowest BCUT2D eigenvalue weighted by Gasteiger charge is -2.32. The maximum Gasteiger partial charge on any atom is 0.351 e. The first kappa shape index (κ1) is 18.3. The lowest BCUT2D eigenvalue weighted by Crippen LogP contribution is -2.41. The number of ether oxygens (including phenoxy) is 2. The molecule has 0 amide bonds. The van der Waals surface area contributed by atoms with Gasteiger partial charge in [0.15, 0.2) is 0 Å². The van der Waals surface area contributed by atoms with Gasteiger partial charge in [0.2, 0.25) is 5.60 Å². The predicted molar refractivity (Wildman–Crippen MR) is 88.8 cm³/mol. The van der Waals surface area contributed by atoms with E-state index in [1.54, 1.807) is 6.92 Å². The third-order valence-corrected chi connectivity index (χ3v) is 5.92. The summed E-state index contributed by atoms with van der Waals surface area (Å²) in [5.74, 6) is -0.666. The van der Waals surface area contributed by atoms with Crippen LogP contribution in [0.1, 0.15) is 81.1 Å². The van der Waals surface area contributed by atoms with Crippen molar-refractivity contribution in [3.8, 4) is 0 Å². The molecule has 2 atom stereocenters. The van der Waals surface area contributed by atoms with Crippen LogP contribution in [0.4, 0.5) is 0 Å². The van der Waals surface area contributed by atoms with Crippen LogP contribution in [0.5, 0.6) is 0 Å². The fraction of sp³-hybridized carbons (Fsp3) is 0.895. The number of carbonyl (C=O) groups is 2. The minimum atomic E-state index is -1.16. The predicted octanol–water partition coefficient (Wildman–Crippen LogP) is 4.26. The summed E-state index contributed by atoms with van der Waals surface area (Å²) in [7, 11) is 0. The Morgan fingerprint density at radius 3 is 2.04 bits per heavy atom. The molecule has 2 aliphatic rings. The molecule has 2 rings (SSSR count). The third-order valence-electron chi connectivity index (χ3n) is 5.92. The van der Waals surface area contributed by atoms with Crippen LogP contribution >= 0.6 is 0 Å². The van der Waals surface area contributed by atoms with E-state index < -0.39 is 22.6 Å². The summed E-state index contributed by atoms with van der Waals surface area (Å²) in [6, 6.07) is 0. The quantitative estimate of drug-likeness (QED) is 0.709. The minimum absolute atomic E-state index is 0.0726. The largest absolute Gasteiger partial charge is 0.457 e. The highest BCUT2D eigenvalue weighted by Gasteiger charge is 2.69. The van der Waals surface area contributed by atoms with Crippen LogP contribution in [0.2, 0.25) is 0 Å². The fourth-order valence-corrected chi connectivity index (χ4v) is 4.03. The third kappa shape index (κ3) is 3.14. The summed E-state index contributed by atoms with van der Waals surface area (Å²) in [4.78, 5) is 25.2. The van der Waals surface area contributed by atoms with Crippen molar-refractivity contribution in [2.45, 2.75) is 92.3 Å². The Hall–Kier alpha value is -1.06. The summed E-state index contributed by atoms with van der Waals surface area (Å²) < 4.78 is 11.1. The zero-order valence-corrected chi connectivity index (χ0v) is 16.0. The van der Waals surface area contributed by atoms with Crippen LogP contribution in [-0.2, 0) is 19.1 Å². The average molecular weight is 324 g/mol. The molecule has 0 spiro atoms. The van der Waals surface area contributed by atoms with E-state index in [1.165, 1.54) is 0 Å². The van der Waals surface area contributed by atoms with Crippen LogP contribution in [0.3, 0.4) is 0 Å². The molecule has 23 heavy (non-hydrogen) atoms. The fourth-order valence-electron chi connectivity index (χ4n) is 4.03. The molecule has 1 aliphatic heterocycles. The molecule has 2 unspecified atom stereocenters. The van der Waals surface area contributed by atoms with Gasteiger partial charge in [-0.05, 0) is 44.4 Å². The van der Waals surface area contributed by atoms with Crippen LogP contribution in [0.15, 0.2) is 0 Å². The highest BCUT2D eigenvalue weighted by atomic mass is 16.6. The molecule has 2 fully saturated rings. The Kier molecular flexibility index (Phi) is 3.95. The molecule has 1 heterocycles. The normalized spacial score (nSPS) is 34.9. The van der Waals surface area contributed by atoms with Crippen LogP contribution in [0, 0.1) is 16.2 Å². The zero-order chi connectivity index (χ0) is 17.9. The molecular formula is C19H32O4. The summed E-state index contributed by atoms with van der Waals surface area (Å²) in [5, 5.41) is 0. The van der Waals surface area contributed by atoms with Gasteiger partial charge in [-0.25, -0.2) is 4.79 Å². The second-order valence-electron chi connectivity index (χ2n) is 9.78. The molecule has 0 aromatic rings. The second-order valence-corrected chi connectivity index (χ2v) is 9.78. The number of hydrogen-bond donors (Lipinski definition) is 0. The van der Waals surface area contributed by atoms with Gasteiger partial charge in [0, 0.05) is 6.42 Å². The molecule has 0 bridgehead atoms. The van der Waals surface area contributed by atoms with Gasteiger partial charge >= 0.3 is 11.9 Å². The molecule has 0 radical (unpaired) electrons. The van der Waals surface area contributed by atoms with Gasteiger partial charge in [0.1, 0.15) is 5.60 Å². The maximum atomic E-state index is 13.0. The molecule has 0 aromatic heterocycles. The number of rotatable bonds is 5. The van der Waals surface area contributed by atoms with Gasteiger partial charge in [-0.15, -0.1) is 0 Å². The Morgan fingerprint density at radius 1 is 1.17 bits per heavy atom. The maximum absolute atomic E-state index is 13.0. The standard InChI is InChI=1S/C19H32O4/c1-9-15(2,3)10-19(11-16(19,4)5)14(21)23-18(8)12-17(6,7)22-13(18)20/h9-12H2,1-8H3. The molecule has 1 saturated carbocycles. The number of hydrogen-bond acceptors (Lipinski definition) is 4. The van der Waals surface area contributed by atoms with E-state index >= 15 is 0 Å². The molecule has 4 heteroatoms. The van der Waals surface area contributed by atoms with Crippen molar-refractivity contribution < 1.29 is 19.1 Å². The van der Waals surface area contributed by atoms with Crippen molar-refractivity contribution in [3.05, 3.63) is 0 Å². The summed E-state index contributed by atoms with van der Waals surface area (Å²) in [5.41, 5.74) is -2.24. The van der Waals surface area contributed by atoms with Gasteiger partial charge in [-0.3, -0.25) is 4.79 Å². The van der Waals surface area contributed by atoms with E-state index in [-0.39, 0.29) is 16.8 Å². The van der Waals surface area contributed by atoms with Gasteiger partial charge in [0.05, 0.1) is 5.41 Å². The lowest BCUT2D eigenvalue weighted by atomic mass is 9.76. The Labute approximate surface area is 140 Å². The smallest absolute Gasteiger partial charge is 0.351 e. The monoisotopic (exact) mass is 324 g/mol. The Balaban J connectivity index is 2.20. The molecule has 0 aromatic carbocycles. The van der Waals surface area contributed by atoms with Crippen molar-refractivity contribution in [3.63, 3.8) is 0 Å². The van der Waals surface area contributed by atoms with Gasteiger partial charge in [-0.2, -0.15) is 0 Å². The van der Waals surface area contributed by atoms with Crippen molar-refractivity contribution in [2.75, 3.05) is 0 Å². The highest BCUT2D eigenvalue weighted by molar-refractivity contribution is 5.88. The first-order chi connectivity index (χ1) is 10.2. The lowest BCUT2D eigenvalue weighted by molar-refractivity contribution is -0.177. The van der Waals surface area contributed by atoms with Crippen LogP contribution in [-0.4, -0.2) is 23.1 Å². The Morgan fingerprint density at radius 2 is 1.70 bits per heavy atom. The highest BCUT2D eigenvalue weighted by Crippen LogP contribution is 2.69. The van der Waals surface area contributed by atoms with Crippen molar-refractivity contribution in [1.29, 1.82) is 0 Å². The number of esters is 2. The van der Waals surface area contributed by atoms with Crippen molar-refractivity contribution >= 4 is 11.9 Å². The van der Waals surface area contributed by atoms with Gasteiger partial charge < -0.3 is 9.47 Å². The summed E-state index contributed by atoms with van der Waals surface area (Å²) in [6.45, 7) is 16.1. The van der Waals surface area contributed by atoms with E-state index in [1.807, 2.05) is 13.8 Å². The topological polar surface area (TPSA) is 52.6 Å². The molecule has 1 saturated heterocycles. The van der Waals surface area contributed by atoms with E-state index in [4.69, 9.17) is 9.47 Å². The van der Waals surface area contributed by atoms with Crippen LogP contribution < -0.4 is 0 Å². The summed E-state index contributed by atoms with van der Waals surface area (Å²) in [6.07, 6.45) is 3.01. The SMILES string of the molecule is CCC(C)(C)CC1(C(=O)OC2(C)CC(C)(C)OC2=O)CC1(C)C. The first-order valence-corrected chi connectivity index (χ1v) is 8.66. The minimum Gasteiger partial charge on any atom is -0.457 e. The molecular weight excluding hydrogens is 292 g/mol. The molecule has 132 valence electrons.